The lowest BCUT2D eigenvalue weighted by atomic mass is 9.93. The Morgan fingerprint density at radius 3 is 1.93 bits per heavy atom. The number of fused-ring (bicyclic) bond motifs is 1. The van der Waals surface area contributed by atoms with Crippen molar-refractivity contribution in [1.29, 1.82) is 0 Å². The SMILES string of the molecule is c1ccc(-c2ccc3c(n2)[C@@H](OP(c2ccccc2)c2ccccc2)CCC3)cc1. The van der Waals surface area contributed by atoms with Crippen LogP contribution in [0.25, 0.3) is 11.3 Å². The molecule has 5 rings (SSSR count). The predicted octanol–water partition coefficient (Wildman–Crippen LogP) is 6.19. The van der Waals surface area contributed by atoms with Crippen LogP contribution in [0.2, 0.25) is 0 Å². The fourth-order valence-electron chi connectivity index (χ4n) is 4.01. The van der Waals surface area contributed by atoms with Crippen LogP contribution in [0.5, 0.6) is 0 Å². The van der Waals surface area contributed by atoms with E-state index in [1.54, 1.807) is 0 Å². The molecule has 4 aromatic rings. The van der Waals surface area contributed by atoms with Gasteiger partial charge in [-0.1, -0.05) is 97.1 Å². The Balaban J connectivity index is 1.51. The van der Waals surface area contributed by atoms with Crippen molar-refractivity contribution in [1.82, 2.24) is 4.98 Å². The summed E-state index contributed by atoms with van der Waals surface area (Å²) in [5.41, 5.74) is 4.61. The number of pyridine rings is 1. The molecule has 3 aromatic carbocycles. The van der Waals surface area contributed by atoms with Gasteiger partial charge < -0.3 is 4.52 Å². The maximum Gasteiger partial charge on any atom is 0.105 e. The van der Waals surface area contributed by atoms with Gasteiger partial charge in [-0.2, -0.15) is 0 Å². The Labute approximate surface area is 179 Å². The molecule has 0 saturated heterocycles. The van der Waals surface area contributed by atoms with Gasteiger partial charge in [-0.15, -0.1) is 0 Å². The second kappa shape index (κ2) is 8.92. The van der Waals surface area contributed by atoms with Crippen LogP contribution in [0, 0.1) is 0 Å². The van der Waals surface area contributed by atoms with Gasteiger partial charge in [-0.25, -0.2) is 4.98 Å². The minimum Gasteiger partial charge on any atom is -0.340 e. The lowest BCUT2D eigenvalue weighted by Gasteiger charge is -2.29. The van der Waals surface area contributed by atoms with Crippen LogP contribution >= 0.6 is 8.15 Å². The van der Waals surface area contributed by atoms with Crippen LogP contribution in [0.3, 0.4) is 0 Å². The highest BCUT2D eigenvalue weighted by molar-refractivity contribution is 7.68. The first kappa shape index (κ1) is 19.2. The maximum atomic E-state index is 6.88. The van der Waals surface area contributed by atoms with E-state index in [2.05, 4.69) is 97.1 Å². The second-order valence-corrected chi connectivity index (χ2v) is 9.39. The predicted molar refractivity (Wildman–Crippen MR) is 126 cm³/mol. The average Bonchev–Trinajstić information content (AvgIpc) is 2.84. The van der Waals surface area contributed by atoms with E-state index in [4.69, 9.17) is 9.51 Å². The molecular formula is C27H24NOP. The van der Waals surface area contributed by atoms with E-state index in [1.165, 1.54) is 16.2 Å². The number of aryl methyl sites for hydroxylation is 1. The van der Waals surface area contributed by atoms with E-state index in [1.807, 2.05) is 6.07 Å². The van der Waals surface area contributed by atoms with Crippen molar-refractivity contribution in [3.63, 3.8) is 0 Å². The first-order valence-electron chi connectivity index (χ1n) is 10.5. The molecule has 1 aliphatic rings. The lowest BCUT2D eigenvalue weighted by molar-refractivity contribution is 0.205. The monoisotopic (exact) mass is 409 g/mol. The van der Waals surface area contributed by atoms with Crippen LogP contribution < -0.4 is 10.6 Å². The molecule has 1 atom stereocenters. The molecule has 0 aliphatic heterocycles. The van der Waals surface area contributed by atoms with Crippen molar-refractivity contribution >= 4 is 18.8 Å². The third-order valence-corrected chi connectivity index (χ3v) is 7.51. The normalized spacial score (nSPS) is 15.7. The quantitative estimate of drug-likeness (QED) is 0.367. The molecule has 3 heteroatoms. The van der Waals surface area contributed by atoms with Crippen LogP contribution in [0.4, 0.5) is 0 Å². The molecule has 30 heavy (non-hydrogen) atoms. The Bertz CT molecular complexity index is 1060. The summed E-state index contributed by atoms with van der Waals surface area (Å²) >= 11 is 0. The molecule has 0 bridgehead atoms. The van der Waals surface area contributed by atoms with Gasteiger partial charge in [0, 0.05) is 16.2 Å². The van der Waals surface area contributed by atoms with Crippen molar-refractivity contribution in [2.75, 3.05) is 0 Å². The van der Waals surface area contributed by atoms with E-state index in [-0.39, 0.29) is 6.10 Å². The smallest absolute Gasteiger partial charge is 0.105 e. The summed E-state index contributed by atoms with van der Waals surface area (Å²) in [6.45, 7) is 0. The van der Waals surface area contributed by atoms with Gasteiger partial charge in [-0.05, 0) is 30.9 Å². The van der Waals surface area contributed by atoms with Gasteiger partial charge in [0.05, 0.1) is 19.5 Å². The maximum absolute atomic E-state index is 6.88. The summed E-state index contributed by atoms with van der Waals surface area (Å²) < 4.78 is 6.88. The zero-order valence-electron chi connectivity index (χ0n) is 16.8. The van der Waals surface area contributed by atoms with Crippen LogP contribution in [0.15, 0.2) is 103 Å². The zero-order chi connectivity index (χ0) is 20.2. The summed E-state index contributed by atoms with van der Waals surface area (Å²) in [5, 5.41) is 2.48. The van der Waals surface area contributed by atoms with Crippen molar-refractivity contribution in [3.8, 4) is 11.3 Å². The highest BCUT2D eigenvalue weighted by atomic mass is 31.1. The van der Waals surface area contributed by atoms with E-state index in [0.29, 0.717) is 0 Å². The Morgan fingerprint density at radius 2 is 1.30 bits per heavy atom. The molecule has 0 fully saturated rings. The topological polar surface area (TPSA) is 22.1 Å². The minimum atomic E-state index is -0.902. The number of hydrogen-bond donors (Lipinski definition) is 0. The molecule has 0 spiro atoms. The van der Waals surface area contributed by atoms with E-state index >= 15 is 0 Å². The van der Waals surface area contributed by atoms with Gasteiger partial charge in [0.2, 0.25) is 0 Å². The van der Waals surface area contributed by atoms with Crippen molar-refractivity contribution in [3.05, 3.63) is 114 Å². The number of rotatable bonds is 5. The lowest BCUT2D eigenvalue weighted by Crippen LogP contribution is -2.19. The summed E-state index contributed by atoms with van der Waals surface area (Å²) in [7, 11) is -0.902. The van der Waals surface area contributed by atoms with E-state index in [0.717, 1.165) is 36.2 Å². The fourth-order valence-corrected chi connectivity index (χ4v) is 5.89. The van der Waals surface area contributed by atoms with Gasteiger partial charge in [0.15, 0.2) is 0 Å². The number of hydrogen-bond acceptors (Lipinski definition) is 2. The molecule has 0 amide bonds. The fraction of sp³-hybridized carbons (Fsp3) is 0.148. The number of aromatic nitrogens is 1. The largest absolute Gasteiger partial charge is 0.340 e. The van der Waals surface area contributed by atoms with E-state index in [9.17, 15) is 0 Å². The van der Waals surface area contributed by atoms with Gasteiger partial charge >= 0.3 is 0 Å². The molecule has 0 saturated carbocycles. The molecule has 0 radical (unpaired) electrons. The van der Waals surface area contributed by atoms with Gasteiger partial charge in [0.25, 0.3) is 0 Å². The molecule has 1 aromatic heterocycles. The standard InChI is InChI=1S/C27H24NOP/c1-4-11-21(12-5-1)25-20-19-22-13-10-18-26(27(22)28-25)29-30(23-14-6-2-7-15-23)24-16-8-3-9-17-24/h1-9,11-12,14-17,19-20,26H,10,13,18H2/t26-/m0/s1. The molecule has 2 nitrogen and oxygen atoms in total. The number of benzene rings is 3. The average molecular weight is 409 g/mol. The first-order valence-corrected chi connectivity index (χ1v) is 11.8. The molecule has 0 unspecified atom stereocenters. The van der Waals surface area contributed by atoms with Gasteiger partial charge in [0.1, 0.15) is 6.10 Å². The Morgan fingerprint density at radius 1 is 0.700 bits per heavy atom. The second-order valence-electron chi connectivity index (χ2n) is 7.56. The third kappa shape index (κ3) is 4.07. The highest BCUT2D eigenvalue weighted by Crippen LogP contribution is 2.44. The van der Waals surface area contributed by atoms with Crippen LogP contribution in [-0.4, -0.2) is 4.98 Å². The molecule has 148 valence electrons. The summed E-state index contributed by atoms with van der Waals surface area (Å²) in [5.74, 6) is 0. The summed E-state index contributed by atoms with van der Waals surface area (Å²) in [6, 6.07) is 36.0. The molecule has 0 N–H and O–H groups in total. The minimum absolute atomic E-state index is 0.0175. The Hall–Kier alpha value is -2.80. The van der Waals surface area contributed by atoms with Crippen molar-refractivity contribution < 1.29 is 4.52 Å². The molecule has 1 heterocycles. The van der Waals surface area contributed by atoms with Crippen molar-refractivity contribution in [2.24, 2.45) is 0 Å². The van der Waals surface area contributed by atoms with Crippen molar-refractivity contribution in [2.45, 2.75) is 25.4 Å². The van der Waals surface area contributed by atoms with Crippen LogP contribution in [-0.2, 0) is 10.9 Å². The summed E-state index contributed by atoms with van der Waals surface area (Å²) in [4.78, 5) is 5.09. The van der Waals surface area contributed by atoms with Crippen LogP contribution in [0.1, 0.15) is 30.2 Å². The first-order chi connectivity index (χ1) is 14.9. The molecule has 1 aliphatic carbocycles. The van der Waals surface area contributed by atoms with E-state index < -0.39 is 8.15 Å². The molecular weight excluding hydrogens is 385 g/mol. The van der Waals surface area contributed by atoms with Gasteiger partial charge in [-0.3, -0.25) is 0 Å². The third-order valence-electron chi connectivity index (χ3n) is 5.51. The summed E-state index contributed by atoms with van der Waals surface area (Å²) in [6.07, 6.45) is 3.24. The Kier molecular flexibility index (Phi) is 5.70. The zero-order valence-corrected chi connectivity index (χ0v) is 17.7. The highest BCUT2D eigenvalue weighted by Gasteiger charge is 2.27. The number of nitrogens with zero attached hydrogens (tertiary/aromatic N) is 1.